The molecule has 0 heterocycles. The topological polar surface area (TPSA) is 20.2 Å². The maximum absolute atomic E-state index is 12.7. The summed E-state index contributed by atoms with van der Waals surface area (Å²) < 4.78 is 39.5. The molecule has 0 aromatic heterocycles. The van der Waals surface area contributed by atoms with Crippen LogP contribution in [0.1, 0.15) is 22.8 Å². The lowest BCUT2D eigenvalue weighted by atomic mass is 9.99. The highest BCUT2D eigenvalue weighted by Gasteiger charge is 2.31. The molecule has 2 rings (SSSR count). The van der Waals surface area contributed by atoms with Gasteiger partial charge in [0.2, 0.25) is 0 Å². The van der Waals surface area contributed by atoms with Crippen molar-refractivity contribution in [1.29, 1.82) is 0 Å². The van der Waals surface area contributed by atoms with E-state index in [-0.39, 0.29) is 12.0 Å². The van der Waals surface area contributed by atoms with Gasteiger partial charge in [0.15, 0.2) is 0 Å². The first kappa shape index (κ1) is 16.5. The van der Waals surface area contributed by atoms with E-state index in [0.29, 0.717) is 4.47 Å². The monoisotopic (exact) mass is 422 g/mol. The van der Waals surface area contributed by atoms with Crippen LogP contribution in [0.25, 0.3) is 0 Å². The Labute approximate surface area is 137 Å². The summed E-state index contributed by atoms with van der Waals surface area (Å²) in [5.74, 6) is 0. The van der Waals surface area contributed by atoms with Crippen LogP contribution >= 0.6 is 31.9 Å². The van der Waals surface area contributed by atoms with Crippen LogP contribution in [0.3, 0.4) is 0 Å². The number of halogens is 5. The SMILES string of the molecule is OC(Cc1ccccc1Br)c1cc(C(F)(F)F)ccc1Br. The average Bonchev–Trinajstić information content (AvgIpc) is 2.40. The summed E-state index contributed by atoms with van der Waals surface area (Å²) in [6.07, 6.45) is -5.23. The molecule has 21 heavy (non-hydrogen) atoms. The van der Waals surface area contributed by atoms with Crippen LogP contribution in [-0.4, -0.2) is 5.11 Å². The number of alkyl halides is 3. The first-order valence-corrected chi connectivity index (χ1v) is 7.65. The van der Waals surface area contributed by atoms with Crippen molar-refractivity contribution >= 4 is 31.9 Å². The summed E-state index contributed by atoms with van der Waals surface area (Å²) in [4.78, 5) is 0. The van der Waals surface area contributed by atoms with Gasteiger partial charge in [0.05, 0.1) is 11.7 Å². The van der Waals surface area contributed by atoms with Gasteiger partial charge in [0.25, 0.3) is 0 Å². The van der Waals surface area contributed by atoms with Crippen molar-refractivity contribution in [3.05, 3.63) is 68.1 Å². The highest BCUT2D eigenvalue weighted by atomic mass is 79.9. The Bertz CT molecular complexity index is 641. The third-order valence-electron chi connectivity index (χ3n) is 3.05. The molecule has 0 fully saturated rings. The molecule has 1 N–H and O–H groups in total. The van der Waals surface area contributed by atoms with Crippen molar-refractivity contribution in [2.75, 3.05) is 0 Å². The van der Waals surface area contributed by atoms with Gasteiger partial charge < -0.3 is 5.11 Å². The van der Waals surface area contributed by atoms with Gasteiger partial charge in [0, 0.05) is 15.4 Å². The van der Waals surface area contributed by atoms with E-state index in [4.69, 9.17) is 0 Å². The van der Waals surface area contributed by atoms with Crippen LogP contribution in [0.2, 0.25) is 0 Å². The predicted molar refractivity (Wildman–Crippen MR) is 81.9 cm³/mol. The molecule has 0 aliphatic rings. The predicted octanol–water partition coefficient (Wildman–Crippen LogP) is 5.51. The van der Waals surface area contributed by atoms with E-state index < -0.39 is 17.8 Å². The maximum atomic E-state index is 12.7. The first-order chi connectivity index (χ1) is 9.79. The summed E-state index contributed by atoms with van der Waals surface area (Å²) >= 11 is 6.55. The second-order valence-electron chi connectivity index (χ2n) is 4.55. The molecule has 0 saturated heterocycles. The highest BCUT2D eigenvalue weighted by molar-refractivity contribution is 9.10. The van der Waals surface area contributed by atoms with Gasteiger partial charge in [-0.05, 0) is 35.4 Å². The zero-order valence-corrected chi connectivity index (χ0v) is 13.8. The average molecular weight is 424 g/mol. The number of aliphatic hydroxyl groups excluding tert-OH is 1. The fraction of sp³-hybridized carbons (Fsp3) is 0.200. The van der Waals surface area contributed by atoms with Gasteiger partial charge in [-0.1, -0.05) is 50.1 Å². The van der Waals surface area contributed by atoms with E-state index in [0.717, 1.165) is 22.2 Å². The number of rotatable bonds is 3. The normalized spacial score (nSPS) is 13.2. The summed E-state index contributed by atoms with van der Waals surface area (Å²) in [6.45, 7) is 0. The maximum Gasteiger partial charge on any atom is 0.416 e. The van der Waals surface area contributed by atoms with Crippen LogP contribution in [0.4, 0.5) is 13.2 Å². The van der Waals surface area contributed by atoms with Crippen LogP contribution in [0.5, 0.6) is 0 Å². The number of hydrogen-bond acceptors (Lipinski definition) is 1. The lowest BCUT2D eigenvalue weighted by Gasteiger charge is -2.16. The fourth-order valence-electron chi connectivity index (χ4n) is 1.96. The molecule has 6 heteroatoms. The Morgan fingerprint density at radius 1 is 1.00 bits per heavy atom. The van der Waals surface area contributed by atoms with Crippen LogP contribution in [0.15, 0.2) is 51.4 Å². The van der Waals surface area contributed by atoms with Gasteiger partial charge in [-0.3, -0.25) is 0 Å². The van der Waals surface area contributed by atoms with Crippen molar-refractivity contribution in [2.45, 2.75) is 18.7 Å². The van der Waals surface area contributed by atoms with E-state index in [1.165, 1.54) is 6.07 Å². The van der Waals surface area contributed by atoms with Crippen molar-refractivity contribution < 1.29 is 18.3 Å². The Balaban J connectivity index is 2.31. The lowest BCUT2D eigenvalue weighted by molar-refractivity contribution is -0.137. The zero-order chi connectivity index (χ0) is 15.6. The largest absolute Gasteiger partial charge is 0.416 e. The number of hydrogen-bond donors (Lipinski definition) is 1. The van der Waals surface area contributed by atoms with Crippen molar-refractivity contribution in [1.82, 2.24) is 0 Å². The molecule has 2 aromatic rings. The molecule has 1 atom stereocenters. The quantitative estimate of drug-likeness (QED) is 0.690. The van der Waals surface area contributed by atoms with Gasteiger partial charge in [-0.2, -0.15) is 13.2 Å². The van der Waals surface area contributed by atoms with Crippen molar-refractivity contribution in [2.24, 2.45) is 0 Å². The molecule has 0 spiro atoms. The Hall–Kier alpha value is -0.850. The van der Waals surface area contributed by atoms with Crippen molar-refractivity contribution in [3.63, 3.8) is 0 Å². The van der Waals surface area contributed by atoms with Crippen LogP contribution in [-0.2, 0) is 12.6 Å². The molecule has 1 unspecified atom stereocenters. The summed E-state index contributed by atoms with van der Waals surface area (Å²) in [5, 5.41) is 10.3. The van der Waals surface area contributed by atoms with Gasteiger partial charge in [0.1, 0.15) is 0 Å². The minimum Gasteiger partial charge on any atom is -0.388 e. The Kier molecular flexibility index (Phi) is 5.11. The minimum atomic E-state index is -4.43. The van der Waals surface area contributed by atoms with E-state index in [1.807, 2.05) is 24.3 Å². The Morgan fingerprint density at radius 2 is 1.67 bits per heavy atom. The highest BCUT2D eigenvalue weighted by Crippen LogP contribution is 2.35. The van der Waals surface area contributed by atoms with E-state index >= 15 is 0 Å². The third-order valence-corrected chi connectivity index (χ3v) is 4.55. The molecular formula is C15H11Br2F3O. The van der Waals surface area contributed by atoms with Crippen molar-refractivity contribution in [3.8, 4) is 0 Å². The summed E-state index contributed by atoms with van der Waals surface area (Å²) in [5.41, 5.74) is 0.279. The van der Waals surface area contributed by atoms with Gasteiger partial charge in [-0.15, -0.1) is 0 Å². The zero-order valence-electron chi connectivity index (χ0n) is 10.7. The van der Waals surface area contributed by atoms with E-state index in [9.17, 15) is 18.3 Å². The standard InChI is InChI=1S/C15H11Br2F3O/c16-12-4-2-1-3-9(12)7-14(21)11-8-10(15(18,19)20)5-6-13(11)17/h1-6,8,14,21H,7H2. The molecule has 0 aliphatic carbocycles. The molecule has 0 saturated carbocycles. The smallest absolute Gasteiger partial charge is 0.388 e. The number of aliphatic hydroxyl groups is 1. The van der Waals surface area contributed by atoms with E-state index in [1.54, 1.807) is 0 Å². The van der Waals surface area contributed by atoms with Crippen LogP contribution < -0.4 is 0 Å². The Morgan fingerprint density at radius 3 is 2.29 bits per heavy atom. The fourth-order valence-corrected chi connectivity index (χ4v) is 2.92. The molecule has 2 aromatic carbocycles. The molecule has 112 valence electrons. The summed E-state index contributed by atoms with van der Waals surface area (Å²) in [6, 6.07) is 10.6. The molecule has 0 bridgehead atoms. The third kappa shape index (κ3) is 4.08. The molecular weight excluding hydrogens is 413 g/mol. The lowest BCUT2D eigenvalue weighted by Crippen LogP contribution is -2.09. The van der Waals surface area contributed by atoms with Gasteiger partial charge >= 0.3 is 6.18 Å². The van der Waals surface area contributed by atoms with Gasteiger partial charge in [-0.25, -0.2) is 0 Å². The summed E-state index contributed by atoms with van der Waals surface area (Å²) in [7, 11) is 0. The molecule has 0 radical (unpaired) electrons. The minimum absolute atomic E-state index is 0.223. The molecule has 0 aliphatic heterocycles. The molecule has 0 amide bonds. The van der Waals surface area contributed by atoms with Crippen LogP contribution in [0, 0.1) is 0 Å². The molecule has 1 nitrogen and oxygen atoms in total. The number of benzene rings is 2. The second-order valence-corrected chi connectivity index (χ2v) is 6.25. The van der Waals surface area contributed by atoms with E-state index in [2.05, 4.69) is 31.9 Å². The second kappa shape index (κ2) is 6.50. The first-order valence-electron chi connectivity index (χ1n) is 6.07.